The number of ether oxygens (including phenoxy) is 2. The van der Waals surface area contributed by atoms with E-state index in [1.165, 1.54) is 26.4 Å². The number of nitrogens with one attached hydrogen (secondary N) is 1. The summed E-state index contributed by atoms with van der Waals surface area (Å²) in [6.07, 6.45) is -0.141. The van der Waals surface area contributed by atoms with Crippen molar-refractivity contribution in [3.63, 3.8) is 0 Å². The van der Waals surface area contributed by atoms with E-state index in [1.807, 2.05) is 0 Å². The maximum Gasteiger partial charge on any atom is 0.260 e. The lowest BCUT2D eigenvalue weighted by molar-refractivity contribution is -0.115. The van der Waals surface area contributed by atoms with Crippen molar-refractivity contribution in [2.75, 3.05) is 19.5 Å². The minimum atomic E-state index is -0.478. The number of rotatable bonds is 6. The maximum atomic E-state index is 13.8. The summed E-state index contributed by atoms with van der Waals surface area (Å²) in [5.74, 6) is 0.361. The Morgan fingerprint density at radius 1 is 1.19 bits per heavy atom. The second kappa shape index (κ2) is 7.64. The summed E-state index contributed by atoms with van der Waals surface area (Å²) in [6, 6.07) is 11.1. The average molecular weight is 357 g/mol. The van der Waals surface area contributed by atoms with Crippen molar-refractivity contribution in [1.82, 2.24) is 10.1 Å². The Labute approximate surface area is 148 Å². The minimum Gasteiger partial charge on any atom is -0.497 e. The molecule has 1 amide bonds. The normalized spacial score (nSPS) is 10.4. The molecule has 0 bridgehead atoms. The highest BCUT2D eigenvalue weighted by molar-refractivity contribution is 5.93. The van der Waals surface area contributed by atoms with Crippen LogP contribution in [-0.4, -0.2) is 30.3 Å². The second-order valence-corrected chi connectivity index (χ2v) is 5.29. The van der Waals surface area contributed by atoms with Gasteiger partial charge in [-0.05, 0) is 24.3 Å². The lowest BCUT2D eigenvalue weighted by Crippen LogP contribution is -2.16. The van der Waals surface area contributed by atoms with E-state index in [0.29, 0.717) is 17.2 Å². The average Bonchev–Trinajstić information content (AvgIpc) is 3.10. The van der Waals surface area contributed by atoms with E-state index >= 15 is 0 Å². The number of halogens is 1. The molecule has 0 fully saturated rings. The highest BCUT2D eigenvalue weighted by Crippen LogP contribution is 2.29. The van der Waals surface area contributed by atoms with Crippen LogP contribution < -0.4 is 14.8 Å². The third kappa shape index (κ3) is 3.80. The van der Waals surface area contributed by atoms with Crippen LogP contribution in [0.4, 0.5) is 10.1 Å². The highest BCUT2D eigenvalue weighted by Gasteiger charge is 2.16. The SMILES string of the molecule is COc1ccc(OC)c(NC(=O)Cc2noc(-c3ccccc3F)n2)c1. The summed E-state index contributed by atoms with van der Waals surface area (Å²) in [5, 5.41) is 6.43. The molecule has 0 saturated heterocycles. The zero-order chi connectivity index (χ0) is 18.5. The third-order valence-corrected chi connectivity index (χ3v) is 3.57. The van der Waals surface area contributed by atoms with Gasteiger partial charge in [-0.1, -0.05) is 17.3 Å². The third-order valence-electron chi connectivity index (χ3n) is 3.57. The summed E-state index contributed by atoms with van der Waals surface area (Å²) >= 11 is 0. The number of aromatic nitrogens is 2. The van der Waals surface area contributed by atoms with Crippen LogP contribution in [0.5, 0.6) is 11.5 Å². The summed E-state index contributed by atoms with van der Waals surface area (Å²) in [7, 11) is 3.02. The van der Waals surface area contributed by atoms with Gasteiger partial charge < -0.3 is 19.3 Å². The molecule has 134 valence electrons. The number of carbonyl (C=O) groups is 1. The summed E-state index contributed by atoms with van der Waals surface area (Å²) in [4.78, 5) is 16.3. The highest BCUT2D eigenvalue weighted by atomic mass is 19.1. The van der Waals surface area contributed by atoms with Gasteiger partial charge in [0.15, 0.2) is 5.82 Å². The fourth-order valence-electron chi connectivity index (χ4n) is 2.32. The van der Waals surface area contributed by atoms with Crippen molar-refractivity contribution in [1.29, 1.82) is 0 Å². The smallest absolute Gasteiger partial charge is 0.260 e. The molecule has 1 N–H and O–H groups in total. The number of nitrogens with zero attached hydrogens (tertiary/aromatic N) is 2. The Hall–Kier alpha value is -3.42. The molecule has 1 heterocycles. The van der Waals surface area contributed by atoms with Gasteiger partial charge >= 0.3 is 0 Å². The van der Waals surface area contributed by atoms with Gasteiger partial charge in [0, 0.05) is 6.07 Å². The molecule has 0 aliphatic heterocycles. The maximum absolute atomic E-state index is 13.8. The zero-order valence-electron chi connectivity index (χ0n) is 14.2. The van der Waals surface area contributed by atoms with Crippen LogP contribution in [0.2, 0.25) is 0 Å². The first-order chi connectivity index (χ1) is 12.6. The van der Waals surface area contributed by atoms with Crippen LogP contribution in [0.3, 0.4) is 0 Å². The largest absolute Gasteiger partial charge is 0.497 e. The molecule has 26 heavy (non-hydrogen) atoms. The van der Waals surface area contributed by atoms with Gasteiger partial charge in [-0.3, -0.25) is 4.79 Å². The molecule has 3 aromatic rings. The molecule has 3 rings (SSSR count). The van der Waals surface area contributed by atoms with Crippen LogP contribution in [0.1, 0.15) is 5.82 Å². The van der Waals surface area contributed by atoms with Gasteiger partial charge in [-0.25, -0.2) is 4.39 Å². The number of anilines is 1. The van der Waals surface area contributed by atoms with E-state index in [0.717, 1.165) is 0 Å². The molecule has 8 heteroatoms. The van der Waals surface area contributed by atoms with Gasteiger partial charge in [0.05, 0.1) is 31.9 Å². The number of methoxy groups -OCH3 is 2. The monoisotopic (exact) mass is 357 g/mol. The van der Waals surface area contributed by atoms with Crippen molar-refractivity contribution in [3.05, 3.63) is 54.1 Å². The Balaban J connectivity index is 1.73. The topological polar surface area (TPSA) is 86.5 Å². The fourth-order valence-corrected chi connectivity index (χ4v) is 2.32. The molecule has 2 aromatic carbocycles. The lowest BCUT2D eigenvalue weighted by atomic mass is 10.2. The van der Waals surface area contributed by atoms with Crippen molar-refractivity contribution in [2.45, 2.75) is 6.42 Å². The first-order valence-corrected chi connectivity index (χ1v) is 7.70. The molecule has 0 radical (unpaired) electrons. The number of hydrogen-bond acceptors (Lipinski definition) is 6. The Kier molecular flexibility index (Phi) is 5.12. The van der Waals surface area contributed by atoms with Crippen molar-refractivity contribution < 1.29 is 23.2 Å². The Morgan fingerprint density at radius 3 is 2.73 bits per heavy atom. The van der Waals surface area contributed by atoms with Crippen LogP contribution >= 0.6 is 0 Å². The molecular formula is C18H16FN3O4. The molecule has 0 spiro atoms. The van der Waals surface area contributed by atoms with Crippen molar-refractivity contribution in [3.8, 4) is 23.0 Å². The molecule has 0 aliphatic rings. The van der Waals surface area contributed by atoms with Gasteiger partial charge in [0.1, 0.15) is 17.3 Å². The molecule has 0 aliphatic carbocycles. The zero-order valence-corrected chi connectivity index (χ0v) is 14.2. The second-order valence-electron chi connectivity index (χ2n) is 5.29. The Morgan fingerprint density at radius 2 is 2.00 bits per heavy atom. The van der Waals surface area contributed by atoms with Crippen LogP contribution in [0.15, 0.2) is 47.0 Å². The van der Waals surface area contributed by atoms with E-state index < -0.39 is 5.82 Å². The van der Waals surface area contributed by atoms with Crippen molar-refractivity contribution >= 4 is 11.6 Å². The number of amides is 1. The number of benzene rings is 2. The Bertz CT molecular complexity index is 926. The number of hydrogen-bond donors (Lipinski definition) is 1. The summed E-state index contributed by atoms with van der Waals surface area (Å²) in [5.41, 5.74) is 0.635. The van der Waals surface area contributed by atoms with Gasteiger partial charge in [-0.2, -0.15) is 4.98 Å². The number of carbonyl (C=O) groups excluding carboxylic acids is 1. The minimum absolute atomic E-state index is 0.0184. The molecule has 0 atom stereocenters. The van der Waals surface area contributed by atoms with Crippen LogP contribution in [0.25, 0.3) is 11.5 Å². The van der Waals surface area contributed by atoms with E-state index in [9.17, 15) is 9.18 Å². The quantitative estimate of drug-likeness (QED) is 0.730. The molecule has 1 aromatic heterocycles. The molecule has 0 unspecified atom stereocenters. The van der Waals surface area contributed by atoms with E-state index in [1.54, 1.807) is 30.3 Å². The predicted molar refractivity (Wildman–Crippen MR) is 91.6 cm³/mol. The summed E-state index contributed by atoms with van der Waals surface area (Å²) < 4.78 is 29.1. The molecule has 7 nitrogen and oxygen atoms in total. The van der Waals surface area contributed by atoms with Gasteiger partial charge in [0.2, 0.25) is 5.91 Å². The van der Waals surface area contributed by atoms with Gasteiger partial charge in [0.25, 0.3) is 5.89 Å². The lowest BCUT2D eigenvalue weighted by Gasteiger charge is -2.11. The first kappa shape index (κ1) is 17.4. The summed E-state index contributed by atoms with van der Waals surface area (Å²) in [6.45, 7) is 0. The standard InChI is InChI=1S/C18H16FN3O4/c1-24-11-7-8-15(25-2)14(9-11)20-17(23)10-16-21-18(26-22-16)12-5-3-4-6-13(12)19/h3-9H,10H2,1-2H3,(H,20,23). The van der Waals surface area contributed by atoms with Crippen LogP contribution in [0, 0.1) is 5.82 Å². The van der Waals surface area contributed by atoms with E-state index in [2.05, 4.69) is 15.5 Å². The molecular weight excluding hydrogens is 341 g/mol. The first-order valence-electron chi connectivity index (χ1n) is 7.70. The van der Waals surface area contributed by atoms with Gasteiger partial charge in [-0.15, -0.1) is 0 Å². The van der Waals surface area contributed by atoms with E-state index in [4.69, 9.17) is 14.0 Å². The van der Waals surface area contributed by atoms with Crippen molar-refractivity contribution in [2.24, 2.45) is 0 Å². The predicted octanol–water partition coefficient (Wildman–Crippen LogP) is 3.07. The van der Waals surface area contributed by atoms with E-state index in [-0.39, 0.29) is 29.6 Å². The van der Waals surface area contributed by atoms with Crippen LogP contribution in [-0.2, 0) is 11.2 Å². The fraction of sp³-hybridized carbons (Fsp3) is 0.167. The molecule has 0 saturated carbocycles.